The largest absolute Gasteiger partial charge is 0.494 e. The van der Waals surface area contributed by atoms with Gasteiger partial charge in [-0.1, -0.05) is 44.5 Å². The molecule has 0 saturated carbocycles. The zero-order valence-electron chi connectivity index (χ0n) is 27.0. The number of benzene rings is 2. The van der Waals surface area contributed by atoms with Crippen molar-refractivity contribution in [3.63, 3.8) is 0 Å². The predicted octanol–water partition coefficient (Wildman–Crippen LogP) is 5.83. The van der Waals surface area contributed by atoms with Crippen LogP contribution in [0.5, 0.6) is 5.75 Å². The van der Waals surface area contributed by atoms with E-state index in [9.17, 15) is 19.5 Å². The molecule has 1 N–H and O–H groups in total. The molecule has 3 fully saturated rings. The molecule has 2 aromatic rings. The van der Waals surface area contributed by atoms with Crippen LogP contribution < -0.4 is 14.5 Å². The van der Waals surface area contributed by atoms with E-state index in [-0.39, 0.29) is 54.5 Å². The van der Waals surface area contributed by atoms with Gasteiger partial charge in [-0.25, -0.2) is 0 Å². The van der Waals surface area contributed by atoms with E-state index in [2.05, 4.69) is 20.1 Å². The Morgan fingerprint density at radius 2 is 1.63 bits per heavy atom. The van der Waals surface area contributed by atoms with Gasteiger partial charge in [0.1, 0.15) is 11.8 Å². The Morgan fingerprint density at radius 1 is 1.07 bits per heavy atom. The average Bonchev–Trinajstić information content (AvgIpc) is 3.63. The molecule has 3 aliphatic rings. The van der Waals surface area contributed by atoms with Gasteiger partial charge in [-0.3, -0.25) is 14.4 Å². The number of aliphatic hydroxyl groups is 1. The first-order valence-corrected chi connectivity index (χ1v) is 17.2. The van der Waals surface area contributed by atoms with Crippen molar-refractivity contribution in [2.45, 2.75) is 56.2 Å². The second-order valence-corrected chi connectivity index (χ2v) is 14.7. The molecule has 3 saturated heterocycles. The molecule has 5 rings (SSSR count). The fraction of sp³-hybridized carbons (Fsp3) is 0.472. The summed E-state index contributed by atoms with van der Waals surface area (Å²) in [6.07, 6.45) is 4.04. The maximum atomic E-state index is 14.9. The molecule has 46 heavy (non-hydrogen) atoms. The molecule has 0 aliphatic carbocycles. The molecule has 3 unspecified atom stereocenters. The van der Waals surface area contributed by atoms with E-state index in [1.807, 2.05) is 45.0 Å². The van der Waals surface area contributed by atoms with Crippen molar-refractivity contribution < 1.29 is 24.2 Å². The van der Waals surface area contributed by atoms with E-state index in [1.54, 1.807) is 62.9 Å². The predicted molar refractivity (Wildman–Crippen MR) is 185 cm³/mol. The Morgan fingerprint density at radius 3 is 2.15 bits per heavy atom. The van der Waals surface area contributed by atoms with Gasteiger partial charge in [0.2, 0.25) is 11.8 Å². The summed E-state index contributed by atoms with van der Waals surface area (Å²) >= 11 is 7.80. The molecule has 10 heteroatoms. The fourth-order valence-electron chi connectivity index (χ4n) is 7.74. The number of aliphatic hydroxyl groups excluding tert-OH is 1. The van der Waals surface area contributed by atoms with Crippen molar-refractivity contribution in [1.82, 2.24) is 4.90 Å². The molecule has 3 heterocycles. The normalized spacial score (nSPS) is 27.0. The summed E-state index contributed by atoms with van der Waals surface area (Å²) in [4.78, 5) is 49.4. The Bertz CT molecular complexity index is 1470. The SMILES string of the molecule is C=CCN(C(=O)C1N([C@@H](CO)C(C)C)C(=O)[C@@H]2[C@@H](C(=O)N(CC=C)c3ccc(OCC)cc3)[C@H]3CC(C)C12S3)c1ccc(Cl)cc1. The van der Waals surface area contributed by atoms with Crippen molar-refractivity contribution in [3.8, 4) is 5.75 Å². The summed E-state index contributed by atoms with van der Waals surface area (Å²) in [6, 6.07) is 12.9. The Labute approximate surface area is 281 Å². The third kappa shape index (κ3) is 5.64. The highest BCUT2D eigenvalue weighted by Crippen LogP contribution is 2.69. The number of halogens is 1. The Balaban J connectivity index is 1.61. The van der Waals surface area contributed by atoms with Crippen LogP contribution in [0.2, 0.25) is 5.02 Å². The van der Waals surface area contributed by atoms with Gasteiger partial charge in [0.15, 0.2) is 0 Å². The summed E-state index contributed by atoms with van der Waals surface area (Å²) in [5.41, 5.74) is 1.32. The number of carbonyl (C=O) groups excluding carboxylic acids is 3. The molecule has 0 radical (unpaired) electrons. The summed E-state index contributed by atoms with van der Waals surface area (Å²) in [7, 11) is 0. The van der Waals surface area contributed by atoms with E-state index >= 15 is 0 Å². The maximum absolute atomic E-state index is 14.9. The molecular weight excluding hydrogens is 622 g/mol. The van der Waals surface area contributed by atoms with E-state index < -0.39 is 28.7 Å². The molecule has 1 spiro atoms. The molecule has 3 amide bonds. The van der Waals surface area contributed by atoms with Crippen molar-refractivity contribution in [1.29, 1.82) is 0 Å². The lowest BCUT2D eigenvalue weighted by molar-refractivity contribution is -0.142. The van der Waals surface area contributed by atoms with Crippen LogP contribution in [0.4, 0.5) is 11.4 Å². The monoisotopic (exact) mass is 665 g/mol. The van der Waals surface area contributed by atoms with Crippen LogP contribution in [0.1, 0.15) is 34.1 Å². The summed E-state index contributed by atoms with van der Waals surface area (Å²) in [5.74, 6) is -1.48. The molecule has 7 atom stereocenters. The molecule has 2 aromatic carbocycles. The second kappa shape index (κ2) is 13.8. The maximum Gasteiger partial charge on any atom is 0.251 e. The smallest absolute Gasteiger partial charge is 0.251 e. The van der Waals surface area contributed by atoms with Crippen molar-refractivity contribution in [3.05, 3.63) is 78.9 Å². The van der Waals surface area contributed by atoms with E-state index in [0.717, 1.165) is 0 Å². The number of amides is 3. The first-order chi connectivity index (χ1) is 22.0. The van der Waals surface area contributed by atoms with Crippen molar-refractivity contribution in [2.75, 3.05) is 36.1 Å². The number of anilines is 2. The van der Waals surface area contributed by atoms with Gasteiger partial charge in [0.25, 0.3) is 5.91 Å². The van der Waals surface area contributed by atoms with Gasteiger partial charge in [-0.05, 0) is 73.7 Å². The summed E-state index contributed by atoms with van der Waals surface area (Å²) in [5, 5.41) is 11.1. The van der Waals surface area contributed by atoms with E-state index in [0.29, 0.717) is 35.2 Å². The van der Waals surface area contributed by atoms with Gasteiger partial charge in [0, 0.05) is 34.7 Å². The van der Waals surface area contributed by atoms with E-state index in [4.69, 9.17) is 16.3 Å². The molecule has 2 bridgehead atoms. The van der Waals surface area contributed by atoms with Gasteiger partial charge in [-0.2, -0.15) is 0 Å². The molecule has 0 aromatic heterocycles. The zero-order valence-corrected chi connectivity index (χ0v) is 28.5. The number of hydrogen-bond donors (Lipinski definition) is 1. The van der Waals surface area contributed by atoms with Crippen molar-refractivity contribution >= 4 is 52.5 Å². The highest BCUT2D eigenvalue weighted by Gasteiger charge is 2.77. The van der Waals surface area contributed by atoms with Gasteiger partial charge < -0.3 is 24.5 Å². The van der Waals surface area contributed by atoms with E-state index in [1.165, 1.54) is 0 Å². The van der Waals surface area contributed by atoms with Crippen LogP contribution >= 0.6 is 23.4 Å². The number of rotatable bonds is 13. The standard InChI is InChI=1S/C36H44ClN3O5S/c1-7-18-38(26-14-16-27(17-15-26)45-9-3)33(42)30-29-20-23(6)36(46-29)31(30)34(43)40(28(21-41)22(4)5)32(36)35(44)39(19-8-2)25-12-10-24(37)11-13-25/h7-8,10-17,22-23,28-32,41H,1-2,9,18-21H2,3-6H3/t23?,28-,29+,30-,31-,32?,36?/m0/s1. The lowest BCUT2D eigenvalue weighted by atomic mass is 9.65. The summed E-state index contributed by atoms with van der Waals surface area (Å²) < 4.78 is 4.75. The number of ether oxygens (including phenoxy) is 1. The Hall–Kier alpha value is -3.27. The number of carbonyl (C=O) groups is 3. The van der Waals surface area contributed by atoms with Crippen LogP contribution in [0.25, 0.3) is 0 Å². The van der Waals surface area contributed by atoms with Crippen molar-refractivity contribution in [2.24, 2.45) is 23.7 Å². The first kappa shape index (κ1) is 34.1. The summed E-state index contributed by atoms with van der Waals surface area (Å²) in [6.45, 7) is 16.4. The third-order valence-corrected chi connectivity index (χ3v) is 12.1. The third-order valence-electron chi connectivity index (χ3n) is 9.77. The minimum absolute atomic E-state index is 0.0277. The number of thioether (sulfide) groups is 1. The van der Waals surface area contributed by atoms with Gasteiger partial charge in [0.05, 0.1) is 35.8 Å². The molecular formula is C36H44ClN3O5S. The highest BCUT2D eigenvalue weighted by molar-refractivity contribution is 8.02. The lowest BCUT2D eigenvalue weighted by Crippen LogP contribution is -2.60. The molecule has 8 nitrogen and oxygen atoms in total. The molecule has 3 aliphatic heterocycles. The van der Waals surface area contributed by atoms with Crippen LogP contribution in [0.15, 0.2) is 73.8 Å². The average molecular weight is 666 g/mol. The van der Waals surface area contributed by atoms with Crippen LogP contribution in [-0.2, 0) is 14.4 Å². The second-order valence-electron chi connectivity index (χ2n) is 12.7. The Kier molecular flexibility index (Phi) is 10.3. The highest BCUT2D eigenvalue weighted by atomic mass is 35.5. The fourth-order valence-corrected chi connectivity index (χ4v) is 10.3. The topological polar surface area (TPSA) is 90.4 Å². The minimum atomic E-state index is -0.888. The van der Waals surface area contributed by atoms with Gasteiger partial charge in [-0.15, -0.1) is 24.9 Å². The zero-order chi connectivity index (χ0) is 33.3. The number of hydrogen-bond acceptors (Lipinski definition) is 6. The van der Waals surface area contributed by atoms with Crippen LogP contribution in [0, 0.1) is 23.7 Å². The van der Waals surface area contributed by atoms with Gasteiger partial charge >= 0.3 is 0 Å². The number of nitrogens with zero attached hydrogens (tertiary/aromatic N) is 3. The number of fused-ring (bicyclic) bond motifs is 1. The van der Waals surface area contributed by atoms with Crippen LogP contribution in [-0.4, -0.2) is 76.1 Å². The number of likely N-dealkylation sites (tertiary alicyclic amines) is 1. The quantitative estimate of drug-likeness (QED) is 0.271. The lowest BCUT2D eigenvalue weighted by Gasteiger charge is -2.43. The minimum Gasteiger partial charge on any atom is -0.494 e. The molecule has 246 valence electrons. The first-order valence-electron chi connectivity index (χ1n) is 16.0. The van der Waals surface area contributed by atoms with Crippen LogP contribution in [0.3, 0.4) is 0 Å².